The van der Waals surface area contributed by atoms with Gasteiger partial charge in [-0.15, -0.1) is 0 Å². The van der Waals surface area contributed by atoms with Crippen molar-refractivity contribution < 1.29 is 9.18 Å². The molecule has 4 aromatic rings. The third-order valence-corrected chi connectivity index (χ3v) is 4.92. The van der Waals surface area contributed by atoms with Crippen molar-refractivity contribution in [1.29, 1.82) is 0 Å². The van der Waals surface area contributed by atoms with Crippen molar-refractivity contribution >= 4 is 16.9 Å². The molecule has 0 saturated carbocycles. The SMILES string of the molecule is O=C(Cn1c(CCc2ccccc2)nc2ccccc21)NCc1ccc(F)cc1. The molecule has 0 bridgehead atoms. The molecule has 0 unspecified atom stereocenters. The maximum Gasteiger partial charge on any atom is 0.240 e. The summed E-state index contributed by atoms with van der Waals surface area (Å²) >= 11 is 0. The van der Waals surface area contributed by atoms with Crippen LogP contribution in [0, 0.1) is 5.82 Å². The number of aryl methyl sites for hydroxylation is 2. The second-order valence-corrected chi connectivity index (χ2v) is 6.99. The van der Waals surface area contributed by atoms with Crippen LogP contribution in [-0.4, -0.2) is 15.5 Å². The molecule has 0 atom stereocenters. The average Bonchev–Trinajstić information content (AvgIpc) is 3.10. The normalized spacial score (nSPS) is 10.9. The van der Waals surface area contributed by atoms with Gasteiger partial charge in [0.25, 0.3) is 0 Å². The minimum atomic E-state index is -0.284. The quantitative estimate of drug-likeness (QED) is 0.515. The maximum atomic E-state index is 13.0. The highest BCUT2D eigenvalue weighted by molar-refractivity contribution is 5.81. The molecule has 1 aromatic heterocycles. The van der Waals surface area contributed by atoms with E-state index in [1.807, 2.05) is 47.0 Å². The van der Waals surface area contributed by atoms with E-state index in [-0.39, 0.29) is 18.3 Å². The molecule has 146 valence electrons. The molecule has 0 aliphatic rings. The van der Waals surface area contributed by atoms with Gasteiger partial charge in [0.05, 0.1) is 11.0 Å². The molecule has 4 rings (SSSR count). The number of amides is 1. The van der Waals surface area contributed by atoms with Crippen LogP contribution in [0.25, 0.3) is 11.0 Å². The van der Waals surface area contributed by atoms with Crippen molar-refractivity contribution in [2.45, 2.75) is 25.9 Å². The fraction of sp³-hybridized carbons (Fsp3) is 0.167. The molecule has 0 radical (unpaired) electrons. The highest BCUT2D eigenvalue weighted by atomic mass is 19.1. The van der Waals surface area contributed by atoms with E-state index in [4.69, 9.17) is 4.98 Å². The van der Waals surface area contributed by atoms with Crippen LogP contribution in [-0.2, 0) is 30.7 Å². The van der Waals surface area contributed by atoms with Crippen LogP contribution in [0.1, 0.15) is 17.0 Å². The Balaban J connectivity index is 1.48. The van der Waals surface area contributed by atoms with Crippen LogP contribution >= 0.6 is 0 Å². The van der Waals surface area contributed by atoms with Gasteiger partial charge in [-0.3, -0.25) is 4.79 Å². The fourth-order valence-corrected chi connectivity index (χ4v) is 3.40. The van der Waals surface area contributed by atoms with Crippen molar-refractivity contribution in [3.63, 3.8) is 0 Å². The minimum absolute atomic E-state index is 0.0987. The largest absolute Gasteiger partial charge is 0.350 e. The Morgan fingerprint density at radius 1 is 0.862 bits per heavy atom. The summed E-state index contributed by atoms with van der Waals surface area (Å²) in [4.78, 5) is 17.3. The molecule has 1 N–H and O–H groups in total. The number of carbonyl (C=O) groups excluding carboxylic acids is 1. The number of halogens is 1. The molecule has 1 heterocycles. The lowest BCUT2D eigenvalue weighted by molar-refractivity contribution is -0.121. The van der Waals surface area contributed by atoms with Gasteiger partial charge in [0.1, 0.15) is 18.2 Å². The van der Waals surface area contributed by atoms with E-state index in [0.717, 1.165) is 35.3 Å². The van der Waals surface area contributed by atoms with Crippen LogP contribution in [0.3, 0.4) is 0 Å². The molecule has 29 heavy (non-hydrogen) atoms. The number of aromatic nitrogens is 2. The van der Waals surface area contributed by atoms with E-state index >= 15 is 0 Å². The van der Waals surface area contributed by atoms with Crippen LogP contribution in [0.2, 0.25) is 0 Å². The Hall–Kier alpha value is -3.47. The molecule has 0 saturated heterocycles. The lowest BCUT2D eigenvalue weighted by Crippen LogP contribution is -2.27. The van der Waals surface area contributed by atoms with Gasteiger partial charge in [-0.25, -0.2) is 9.37 Å². The molecule has 3 aromatic carbocycles. The van der Waals surface area contributed by atoms with E-state index in [1.54, 1.807) is 12.1 Å². The summed E-state index contributed by atoms with van der Waals surface area (Å²) in [6, 6.07) is 24.3. The average molecular weight is 387 g/mol. The van der Waals surface area contributed by atoms with Gasteiger partial charge in [-0.05, 0) is 41.8 Å². The number of fused-ring (bicyclic) bond motifs is 1. The number of rotatable bonds is 7. The summed E-state index contributed by atoms with van der Waals surface area (Å²) in [6.45, 7) is 0.566. The standard InChI is InChI=1S/C24H22FN3O/c25-20-13-10-19(11-14-20)16-26-24(29)17-28-22-9-5-4-8-21(22)27-23(28)15-12-18-6-2-1-3-7-18/h1-11,13-14H,12,15-17H2,(H,26,29). The summed E-state index contributed by atoms with van der Waals surface area (Å²) in [6.07, 6.45) is 1.62. The Bertz CT molecular complexity index is 1100. The molecule has 4 nitrogen and oxygen atoms in total. The fourth-order valence-electron chi connectivity index (χ4n) is 3.40. The number of nitrogens with zero attached hydrogens (tertiary/aromatic N) is 2. The highest BCUT2D eigenvalue weighted by Crippen LogP contribution is 2.17. The van der Waals surface area contributed by atoms with Gasteiger partial charge in [0, 0.05) is 13.0 Å². The summed E-state index contributed by atoms with van der Waals surface area (Å²) < 4.78 is 15.0. The number of carbonyl (C=O) groups is 1. The van der Waals surface area contributed by atoms with E-state index in [1.165, 1.54) is 17.7 Å². The van der Waals surface area contributed by atoms with Crippen LogP contribution in [0.15, 0.2) is 78.9 Å². The number of para-hydroxylation sites is 2. The molecule has 0 aliphatic carbocycles. The van der Waals surface area contributed by atoms with Crippen molar-refractivity contribution in [2.75, 3.05) is 0 Å². The number of imidazole rings is 1. The Labute approximate surface area is 169 Å². The number of nitrogens with one attached hydrogen (secondary N) is 1. The van der Waals surface area contributed by atoms with Crippen molar-refractivity contribution in [2.24, 2.45) is 0 Å². The molecule has 0 spiro atoms. The summed E-state index contributed by atoms with van der Waals surface area (Å²) in [5.74, 6) is 0.512. The van der Waals surface area contributed by atoms with Gasteiger partial charge >= 0.3 is 0 Å². The van der Waals surface area contributed by atoms with Gasteiger partial charge in [-0.1, -0.05) is 54.6 Å². The van der Waals surface area contributed by atoms with Crippen LogP contribution < -0.4 is 5.32 Å². The van der Waals surface area contributed by atoms with E-state index in [0.29, 0.717) is 6.54 Å². The summed E-state index contributed by atoms with van der Waals surface area (Å²) in [5, 5.41) is 2.91. The number of hydrogen-bond donors (Lipinski definition) is 1. The minimum Gasteiger partial charge on any atom is -0.350 e. The first-order valence-corrected chi connectivity index (χ1v) is 9.68. The van der Waals surface area contributed by atoms with E-state index < -0.39 is 0 Å². The van der Waals surface area contributed by atoms with Crippen molar-refractivity contribution in [3.05, 3.63) is 102 Å². The predicted molar refractivity (Wildman–Crippen MR) is 112 cm³/mol. The second-order valence-electron chi connectivity index (χ2n) is 6.99. The molecule has 1 amide bonds. The Kier molecular flexibility index (Phi) is 5.66. The lowest BCUT2D eigenvalue weighted by atomic mass is 10.1. The van der Waals surface area contributed by atoms with Crippen LogP contribution in [0.4, 0.5) is 4.39 Å². The number of benzene rings is 3. The summed E-state index contributed by atoms with van der Waals surface area (Å²) in [7, 11) is 0. The zero-order valence-electron chi connectivity index (χ0n) is 16.0. The first-order valence-electron chi connectivity index (χ1n) is 9.68. The Morgan fingerprint density at radius 2 is 1.59 bits per heavy atom. The molecule has 5 heteroatoms. The first-order chi connectivity index (χ1) is 14.2. The first kappa shape index (κ1) is 18.9. The topological polar surface area (TPSA) is 46.9 Å². The van der Waals surface area contributed by atoms with Gasteiger partial charge in [0.2, 0.25) is 5.91 Å². The zero-order chi connectivity index (χ0) is 20.1. The van der Waals surface area contributed by atoms with Crippen molar-refractivity contribution in [3.8, 4) is 0 Å². The molecular weight excluding hydrogens is 365 g/mol. The lowest BCUT2D eigenvalue weighted by Gasteiger charge is -2.10. The summed E-state index contributed by atoms with van der Waals surface area (Å²) in [5.41, 5.74) is 3.95. The van der Waals surface area contributed by atoms with E-state index in [9.17, 15) is 9.18 Å². The predicted octanol–water partition coefficient (Wildman–Crippen LogP) is 4.28. The molecule has 0 fully saturated rings. The highest BCUT2D eigenvalue weighted by Gasteiger charge is 2.13. The second kappa shape index (κ2) is 8.69. The maximum absolute atomic E-state index is 13.0. The number of hydrogen-bond acceptors (Lipinski definition) is 2. The third-order valence-electron chi connectivity index (χ3n) is 4.92. The van der Waals surface area contributed by atoms with Crippen LogP contribution in [0.5, 0.6) is 0 Å². The van der Waals surface area contributed by atoms with Gasteiger partial charge in [0.15, 0.2) is 0 Å². The monoisotopic (exact) mass is 387 g/mol. The van der Waals surface area contributed by atoms with Crippen molar-refractivity contribution in [1.82, 2.24) is 14.9 Å². The van der Waals surface area contributed by atoms with Gasteiger partial charge in [-0.2, -0.15) is 0 Å². The smallest absolute Gasteiger partial charge is 0.240 e. The Morgan fingerprint density at radius 3 is 2.38 bits per heavy atom. The molecular formula is C24H22FN3O. The third kappa shape index (κ3) is 4.69. The van der Waals surface area contributed by atoms with Gasteiger partial charge < -0.3 is 9.88 Å². The zero-order valence-corrected chi connectivity index (χ0v) is 16.0. The molecule has 0 aliphatic heterocycles. The van der Waals surface area contributed by atoms with E-state index in [2.05, 4.69) is 17.4 Å².